The Morgan fingerprint density at radius 3 is 2.08 bits per heavy atom. The summed E-state index contributed by atoms with van der Waals surface area (Å²) in [6.07, 6.45) is 0. The number of nitrogens with zero attached hydrogens (tertiary/aromatic N) is 2. The van der Waals surface area contributed by atoms with Crippen molar-refractivity contribution in [2.24, 2.45) is 0 Å². The van der Waals surface area contributed by atoms with Crippen LogP contribution in [0.25, 0.3) is 0 Å². The summed E-state index contributed by atoms with van der Waals surface area (Å²) in [5, 5.41) is 2.72. The highest BCUT2D eigenvalue weighted by atomic mass is 16.5. The molecule has 1 N–H and O–H groups in total. The highest BCUT2D eigenvalue weighted by Gasteiger charge is 2.18. The number of nitrogens with one attached hydrogen (secondary N) is 1. The summed E-state index contributed by atoms with van der Waals surface area (Å²) in [6.45, 7) is 8.54. The molecule has 0 bridgehead atoms. The first-order valence-electron chi connectivity index (χ1n) is 7.69. The number of hydrogen-bond donors (Lipinski definition) is 1. The lowest BCUT2D eigenvalue weighted by Gasteiger charge is -2.14. The second-order valence-corrected chi connectivity index (χ2v) is 5.76. The minimum Gasteiger partial charge on any atom is -0.423 e. The Bertz CT molecular complexity index is 747. The number of aryl methyl sites for hydroxylation is 3. The fraction of sp³-hybridized carbons (Fsp3) is 0.333. The van der Waals surface area contributed by atoms with Gasteiger partial charge in [0.05, 0.1) is 17.3 Å². The van der Waals surface area contributed by atoms with Crippen LogP contribution >= 0.6 is 0 Å². The maximum Gasteiger partial charge on any atom is 0.308 e. The highest BCUT2D eigenvalue weighted by molar-refractivity contribution is 5.94. The number of carbonyl (C=O) groups excluding carboxylic acids is 2. The molecule has 0 saturated heterocycles. The van der Waals surface area contributed by atoms with Gasteiger partial charge >= 0.3 is 5.97 Å². The van der Waals surface area contributed by atoms with Crippen molar-refractivity contribution in [2.45, 2.75) is 40.5 Å². The van der Waals surface area contributed by atoms with Gasteiger partial charge in [-0.1, -0.05) is 29.8 Å². The molecule has 6 heteroatoms. The van der Waals surface area contributed by atoms with E-state index < -0.39 is 5.97 Å². The van der Waals surface area contributed by atoms with Gasteiger partial charge in [-0.25, -0.2) is 9.97 Å². The van der Waals surface area contributed by atoms with Crippen molar-refractivity contribution in [2.75, 3.05) is 5.32 Å². The SMILES string of the molecule is CC(=O)Oc1c(C)nc(NC(=O)C(C)c2ccc(C)cc2)nc1C. The standard InChI is InChI=1S/C18H21N3O3/c1-10-6-8-15(9-7-10)11(2)17(23)21-18-19-12(3)16(13(4)20-18)24-14(5)22/h6-9,11H,1-5H3,(H,19,20,21,23). The van der Waals surface area contributed by atoms with E-state index in [-0.39, 0.29) is 17.8 Å². The molecule has 1 unspecified atom stereocenters. The van der Waals surface area contributed by atoms with Crippen LogP contribution < -0.4 is 10.1 Å². The van der Waals surface area contributed by atoms with Gasteiger partial charge in [-0.05, 0) is 33.3 Å². The monoisotopic (exact) mass is 327 g/mol. The molecule has 0 aliphatic heterocycles. The average Bonchev–Trinajstić information content (AvgIpc) is 2.50. The zero-order chi connectivity index (χ0) is 17.9. The van der Waals surface area contributed by atoms with Gasteiger partial charge in [0.15, 0.2) is 5.75 Å². The molecule has 1 atom stereocenters. The Morgan fingerprint density at radius 2 is 1.58 bits per heavy atom. The molecule has 1 heterocycles. The van der Waals surface area contributed by atoms with E-state index >= 15 is 0 Å². The number of anilines is 1. The lowest BCUT2D eigenvalue weighted by molar-refractivity contribution is -0.132. The number of amides is 1. The van der Waals surface area contributed by atoms with E-state index in [1.165, 1.54) is 6.92 Å². The molecule has 0 aliphatic rings. The van der Waals surface area contributed by atoms with E-state index in [0.717, 1.165) is 11.1 Å². The number of benzene rings is 1. The predicted octanol–water partition coefficient (Wildman–Crippen LogP) is 3.07. The second kappa shape index (κ2) is 7.21. The van der Waals surface area contributed by atoms with Crippen LogP contribution in [0.5, 0.6) is 5.75 Å². The second-order valence-electron chi connectivity index (χ2n) is 5.76. The van der Waals surface area contributed by atoms with Gasteiger partial charge in [0.1, 0.15) is 0 Å². The summed E-state index contributed by atoms with van der Waals surface area (Å²) in [4.78, 5) is 31.9. The van der Waals surface area contributed by atoms with Crippen molar-refractivity contribution < 1.29 is 14.3 Å². The maximum absolute atomic E-state index is 12.4. The van der Waals surface area contributed by atoms with Crippen molar-refractivity contribution in [1.29, 1.82) is 0 Å². The molecular formula is C18H21N3O3. The van der Waals surface area contributed by atoms with Gasteiger partial charge in [0, 0.05) is 6.92 Å². The van der Waals surface area contributed by atoms with Gasteiger partial charge in [-0.2, -0.15) is 0 Å². The van der Waals surface area contributed by atoms with Crippen LogP contribution in [-0.4, -0.2) is 21.8 Å². The summed E-state index contributed by atoms with van der Waals surface area (Å²) in [5.41, 5.74) is 3.05. The summed E-state index contributed by atoms with van der Waals surface area (Å²) < 4.78 is 5.09. The minimum atomic E-state index is -0.436. The number of esters is 1. The van der Waals surface area contributed by atoms with Crippen LogP contribution in [0, 0.1) is 20.8 Å². The highest BCUT2D eigenvalue weighted by Crippen LogP contribution is 2.23. The van der Waals surface area contributed by atoms with Crippen LogP contribution in [-0.2, 0) is 9.59 Å². The van der Waals surface area contributed by atoms with E-state index in [0.29, 0.717) is 17.1 Å². The molecule has 6 nitrogen and oxygen atoms in total. The Morgan fingerprint density at radius 1 is 1.04 bits per heavy atom. The summed E-state index contributed by atoms with van der Waals surface area (Å²) in [5.74, 6) is -0.438. The number of carbonyl (C=O) groups is 2. The van der Waals surface area contributed by atoms with E-state index in [9.17, 15) is 9.59 Å². The zero-order valence-corrected chi connectivity index (χ0v) is 14.5. The lowest BCUT2D eigenvalue weighted by Crippen LogP contribution is -2.21. The van der Waals surface area contributed by atoms with Gasteiger partial charge in [-0.15, -0.1) is 0 Å². The molecule has 0 aliphatic carbocycles. The molecule has 1 aromatic heterocycles. The zero-order valence-electron chi connectivity index (χ0n) is 14.5. The maximum atomic E-state index is 12.4. The third kappa shape index (κ3) is 4.16. The molecule has 2 aromatic rings. The van der Waals surface area contributed by atoms with Gasteiger partial charge in [0.2, 0.25) is 11.9 Å². The molecular weight excluding hydrogens is 306 g/mol. The third-order valence-electron chi connectivity index (χ3n) is 3.66. The summed E-state index contributed by atoms with van der Waals surface area (Å²) in [6, 6.07) is 7.80. The van der Waals surface area contributed by atoms with Crippen molar-refractivity contribution in [3.63, 3.8) is 0 Å². The van der Waals surface area contributed by atoms with Gasteiger partial charge in [-0.3, -0.25) is 14.9 Å². The predicted molar refractivity (Wildman–Crippen MR) is 91.0 cm³/mol. The van der Waals surface area contributed by atoms with Crippen LogP contribution in [0.3, 0.4) is 0 Å². The molecule has 0 saturated carbocycles. The minimum absolute atomic E-state index is 0.196. The number of hydrogen-bond acceptors (Lipinski definition) is 5. The Kier molecular flexibility index (Phi) is 5.28. The first kappa shape index (κ1) is 17.6. The Hall–Kier alpha value is -2.76. The van der Waals surface area contributed by atoms with Gasteiger partial charge < -0.3 is 4.74 Å². The number of aromatic nitrogens is 2. The first-order chi connectivity index (χ1) is 11.3. The normalized spacial score (nSPS) is 11.7. The third-order valence-corrected chi connectivity index (χ3v) is 3.66. The van der Waals surface area contributed by atoms with E-state index in [4.69, 9.17) is 4.74 Å². The van der Waals surface area contributed by atoms with Crippen LogP contribution in [0.15, 0.2) is 24.3 Å². The Labute approximate surface area is 141 Å². The first-order valence-corrected chi connectivity index (χ1v) is 7.69. The van der Waals surface area contributed by atoms with Crippen LogP contribution in [0.1, 0.15) is 42.3 Å². The molecule has 24 heavy (non-hydrogen) atoms. The summed E-state index contributed by atoms with van der Waals surface area (Å²) >= 11 is 0. The van der Waals surface area contributed by atoms with Crippen LogP contribution in [0.2, 0.25) is 0 Å². The van der Waals surface area contributed by atoms with E-state index in [2.05, 4.69) is 15.3 Å². The molecule has 126 valence electrons. The fourth-order valence-electron chi connectivity index (χ4n) is 2.28. The quantitative estimate of drug-likeness (QED) is 0.873. The molecule has 0 fully saturated rings. The van der Waals surface area contributed by atoms with Crippen molar-refractivity contribution in [3.05, 3.63) is 46.8 Å². The van der Waals surface area contributed by atoms with Crippen molar-refractivity contribution in [3.8, 4) is 5.75 Å². The lowest BCUT2D eigenvalue weighted by atomic mass is 9.99. The molecule has 0 radical (unpaired) electrons. The smallest absolute Gasteiger partial charge is 0.308 e. The average molecular weight is 327 g/mol. The van der Waals surface area contributed by atoms with Crippen LogP contribution in [0.4, 0.5) is 5.95 Å². The molecule has 1 aromatic carbocycles. The molecule has 2 rings (SSSR count). The van der Waals surface area contributed by atoms with E-state index in [1.807, 2.05) is 38.1 Å². The van der Waals surface area contributed by atoms with Crippen molar-refractivity contribution >= 4 is 17.8 Å². The number of rotatable bonds is 4. The van der Waals surface area contributed by atoms with Crippen molar-refractivity contribution in [1.82, 2.24) is 9.97 Å². The Balaban J connectivity index is 2.16. The topological polar surface area (TPSA) is 81.2 Å². The van der Waals surface area contributed by atoms with E-state index in [1.54, 1.807) is 13.8 Å². The number of ether oxygens (including phenoxy) is 1. The summed E-state index contributed by atoms with van der Waals surface area (Å²) in [7, 11) is 0. The molecule has 1 amide bonds. The molecule has 0 spiro atoms. The largest absolute Gasteiger partial charge is 0.423 e. The van der Waals surface area contributed by atoms with Gasteiger partial charge in [0.25, 0.3) is 0 Å². The fourth-order valence-corrected chi connectivity index (χ4v) is 2.28.